The summed E-state index contributed by atoms with van der Waals surface area (Å²) in [6.45, 7) is 2.53. The van der Waals surface area contributed by atoms with E-state index in [1.807, 2.05) is 6.07 Å². The average Bonchev–Trinajstić information content (AvgIpc) is 2.65. The zero-order chi connectivity index (χ0) is 18.9. The number of carbonyl (C=O) groups is 1. The lowest BCUT2D eigenvalue weighted by Gasteiger charge is -2.08. The van der Waals surface area contributed by atoms with Crippen LogP contribution >= 0.6 is 11.8 Å². The van der Waals surface area contributed by atoms with Crippen molar-refractivity contribution < 1.29 is 14.3 Å². The van der Waals surface area contributed by atoms with E-state index in [9.17, 15) is 14.9 Å². The Hall–Kier alpha value is -2.79. The van der Waals surface area contributed by atoms with Crippen molar-refractivity contribution in [1.82, 2.24) is 9.97 Å². The van der Waals surface area contributed by atoms with E-state index in [0.717, 1.165) is 0 Å². The second-order valence-electron chi connectivity index (χ2n) is 5.19. The summed E-state index contributed by atoms with van der Waals surface area (Å²) in [6.07, 6.45) is 2.67. The highest BCUT2D eigenvalue weighted by Crippen LogP contribution is 2.23. The van der Waals surface area contributed by atoms with Crippen molar-refractivity contribution in [2.24, 2.45) is 0 Å². The van der Waals surface area contributed by atoms with Crippen molar-refractivity contribution >= 4 is 17.7 Å². The van der Waals surface area contributed by atoms with Crippen LogP contribution in [0.2, 0.25) is 0 Å². The quantitative estimate of drug-likeness (QED) is 0.328. The molecule has 2 rings (SSSR count). The summed E-state index contributed by atoms with van der Waals surface area (Å²) in [5.74, 6) is 0.395. The van der Waals surface area contributed by atoms with Gasteiger partial charge in [-0.25, -0.2) is 4.98 Å². The van der Waals surface area contributed by atoms with Crippen molar-refractivity contribution in [3.05, 3.63) is 40.2 Å². The van der Waals surface area contributed by atoms with Crippen LogP contribution < -0.4 is 10.3 Å². The van der Waals surface area contributed by atoms with Crippen molar-refractivity contribution in [2.75, 3.05) is 19.5 Å². The van der Waals surface area contributed by atoms with Crippen molar-refractivity contribution in [3.8, 4) is 23.1 Å². The molecule has 1 heterocycles. The Morgan fingerprint density at radius 3 is 2.69 bits per heavy atom. The maximum absolute atomic E-state index is 12.0. The molecular formula is C18H19N3O4S. The number of nitrogens with one attached hydrogen (secondary N) is 1. The first kappa shape index (κ1) is 19.5. The number of esters is 1. The van der Waals surface area contributed by atoms with Gasteiger partial charge in [-0.15, -0.1) is 0 Å². The smallest absolute Gasteiger partial charge is 0.305 e. The van der Waals surface area contributed by atoms with Crippen LogP contribution in [0.1, 0.15) is 25.3 Å². The van der Waals surface area contributed by atoms with E-state index in [1.165, 1.54) is 11.8 Å². The average molecular weight is 373 g/mol. The van der Waals surface area contributed by atoms with E-state index < -0.39 is 5.56 Å². The minimum atomic E-state index is -0.457. The molecule has 0 aliphatic heterocycles. The molecule has 8 heteroatoms. The Kier molecular flexibility index (Phi) is 7.24. The van der Waals surface area contributed by atoms with Gasteiger partial charge in [-0.2, -0.15) is 5.26 Å². The number of hydrogen-bond acceptors (Lipinski definition) is 7. The molecule has 0 spiro atoms. The number of nitrogens with zero attached hydrogens (tertiary/aromatic N) is 2. The highest BCUT2D eigenvalue weighted by molar-refractivity contribution is 7.98. The molecule has 1 aromatic carbocycles. The molecule has 2 aromatic rings. The third kappa shape index (κ3) is 5.10. The standard InChI is InChI=1S/C18H19N3O4S/c1-3-24-15(22)5-4-10-25-13-8-6-12(7-9-13)16-14(11-19)17(23)21-18(20-16)26-2/h6-9H,3-5,10H2,1-2H3,(H,20,21,23). The lowest BCUT2D eigenvalue weighted by molar-refractivity contribution is -0.143. The van der Waals surface area contributed by atoms with E-state index >= 15 is 0 Å². The molecule has 0 saturated carbocycles. The number of aromatic amines is 1. The number of aromatic nitrogens is 2. The molecule has 0 radical (unpaired) electrons. The molecule has 26 heavy (non-hydrogen) atoms. The summed E-state index contributed by atoms with van der Waals surface area (Å²) >= 11 is 1.29. The van der Waals surface area contributed by atoms with Gasteiger partial charge in [0, 0.05) is 12.0 Å². The molecule has 0 unspecified atom stereocenters. The van der Waals surface area contributed by atoms with Crippen LogP contribution in [-0.4, -0.2) is 35.4 Å². The lowest BCUT2D eigenvalue weighted by Crippen LogP contribution is -2.14. The van der Waals surface area contributed by atoms with Gasteiger partial charge in [-0.3, -0.25) is 9.59 Å². The van der Waals surface area contributed by atoms with Crippen LogP contribution in [0.3, 0.4) is 0 Å². The Labute approximate surface area is 155 Å². The predicted molar refractivity (Wildman–Crippen MR) is 98.2 cm³/mol. The molecule has 0 fully saturated rings. The molecule has 1 aromatic heterocycles. The van der Waals surface area contributed by atoms with Crippen LogP contribution in [-0.2, 0) is 9.53 Å². The second-order valence-corrected chi connectivity index (χ2v) is 5.99. The SMILES string of the molecule is CCOC(=O)CCCOc1ccc(-c2nc(SC)[nH]c(=O)c2C#N)cc1. The highest BCUT2D eigenvalue weighted by Gasteiger charge is 2.13. The van der Waals surface area contributed by atoms with Crippen LogP contribution in [0, 0.1) is 11.3 Å². The van der Waals surface area contributed by atoms with Gasteiger partial charge in [-0.05, 0) is 43.9 Å². The normalized spacial score (nSPS) is 10.2. The number of ether oxygens (including phenoxy) is 2. The molecule has 136 valence electrons. The maximum atomic E-state index is 12.0. The van der Waals surface area contributed by atoms with Crippen LogP contribution in [0.25, 0.3) is 11.3 Å². The first-order chi connectivity index (χ1) is 12.6. The largest absolute Gasteiger partial charge is 0.494 e. The Bertz CT molecular complexity index is 856. The zero-order valence-corrected chi connectivity index (χ0v) is 15.4. The first-order valence-electron chi connectivity index (χ1n) is 8.06. The predicted octanol–water partition coefficient (Wildman–Crippen LogP) is 2.75. The summed E-state index contributed by atoms with van der Waals surface area (Å²) in [5, 5.41) is 9.67. The summed E-state index contributed by atoms with van der Waals surface area (Å²) in [5.41, 5.74) is 0.517. The van der Waals surface area contributed by atoms with Crippen molar-refractivity contribution in [2.45, 2.75) is 24.9 Å². The number of thioether (sulfide) groups is 1. The van der Waals surface area contributed by atoms with Gasteiger partial charge >= 0.3 is 5.97 Å². The summed E-state index contributed by atoms with van der Waals surface area (Å²) in [4.78, 5) is 30.1. The van der Waals surface area contributed by atoms with E-state index in [-0.39, 0.29) is 11.5 Å². The number of rotatable bonds is 8. The molecule has 7 nitrogen and oxygen atoms in total. The molecule has 0 atom stereocenters. The van der Waals surface area contributed by atoms with Crippen LogP contribution in [0.5, 0.6) is 5.75 Å². The molecule has 1 N–H and O–H groups in total. The van der Waals surface area contributed by atoms with Gasteiger partial charge < -0.3 is 14.5 Å². The highest BCUT2D eigenvalue weighted by atomic mass is 32.2. The molecule has 0 saturated heterocycles. The topological polar surface area (TPSA) is 105 Å². The monoisotopic (exact) mass is 373 g/mol. The molecule has 0 amide bonds. The fourth-order valence-electron chi connectivity index (χ4n) is 2.21. The van der Waals surface area contributed by atoms with E-state index in [2.05, 4.69) is 9.97 Å². The lowest BCUT2D eigenvalue weighted by atomic mass is 10.1. The first-order valence-corrected chi connectivity index (χ1v) is 9.28. The van der Waals surface area contributed by atoms with Crippen LogP contribution in [0.15, 0.2) is 34.2 Å². The van der Waals surface area contributed by atoms with E-state index in [0.29, 0.717) is 48.2 Å². The molecular weight excluding hydrogens is 354 g/mol. The van der Waals surface area contributed by atoms with Crippen molar-refractivity contribution in [3.63, 3.8) is 0 Å². The van der Waals surface area contributed by atoms with Crippen LogP contribution in [0.4, 0.5) is 0 Å². The number of nitriles is 1. The molecule has 0 aliphatic carbocycles. The van der Waals surface area contributed by atoms with Gasteiger partial charge in [0.1, 0.15) is 17.4 Å². The third-order valence-corrected chi connectivity index (χ3v) is 4.01. The van der Waals surface area contributed by atoms with Gasteiger partial charge in [-0.1, -0.05) is 11.8 Å². The number of carbonyl (C=O) groups excluding carboxylic acids is 1. The summed E-state index contributed by atoms with van der Waals surface area (Å²) in [7, 11) is 0. The second kappa shape index (κ2) is 9.63. The van der Waals surface area contributed by atoms with Gasteiger partial charge in [0.15, 0.2) is 5.16 Å². The van der Waals surface area contributed by atoms with Gasteiger partial charge in [0.05, 0.1) is 18.9 Å². The maximum Gasteiger partial charge on any atom is 0.305 e. The van der Waals surface area contributed by atoms with Crippen molar-refractivity contribution in [1.29, 1.82) is 5.26 Å². The number of hydrogen-bond donors (Lipinski definition) is 1. The van der Waals surface area contributed by atoms with Gasteiger partial charge in [0.2, 0.25) is 0 Å². The molecule has 0 aliphatic rings. The minimum Gasteiger partial charge on any atom is -0.494 e. The Morgan fingerprint density at radius 1 is 1.35 bits per heavy atom. The third-order valence-electron chi connectivity index (χ3n) is 3.43. The summed E-state index contributed by atoms with van der Waals surface area (Å²) < 4.78 is 10.4. The zero-order valence-electron chi connectivity index (χ0n) is 14.6. The fourth-order valence-corrected chi connectivity index (χ4v) is 2.59. The molecule has 0 bridgehead atoms. The Balaban J connectivity index is 2.06. The summed E-state index contributed by atoms with van der Waals surface area (Å²) in [6, 6.07) is 8.86. The minimum absolute atomic E-state index is 0.0223. The fraction of sp³-hybridized carbons (Fsp3) is 0.333. The Morgan fingerprint density at radius 2 is 2.08 bits per heavy atom. The number of benzene rings is 1. The van der Waals surface area contributed by atoms with Gasteiger partial charge in [0.25, 0.3) is 5.56 Å². The number of H-pyrrole nitrogens is 1. The van der Waals surface area contributed by atoms with E-state index in [1.54, 1.807) is 37.4 Å². The van der Waals surface area contributed by atoms with E-state index in [4.69, 9.17) is 9.47 Å².